The van der Waals surface area contributed by atoms with Crippen molar-refractivity contribution in [3.63, 3.8) is 0 Å². The molecule has 1 fully saturated rings. The number of pyridine rings is 1. The maximum atomic E-state index is 12.4. The Kier molecular flexibility index (Phi) is 5.96. The molecule has 5 heteroatoms. The summed E-state index contributed by atoms with van der Waals surface area (Å²) in [4.78, 5) is 18.5. The fourth-order valence-corrected chi connectivity index (χ4v) is 2.51. The van der Waals surface area contributed by atoms with Gasteiger partial charge >= 0.3 is 0 Å². The number of carbonyl (C=O) groups excluding carboxylic acids is 1. The van der Waals surface area contributed by atoms with Crippen LogP contribution in [-0.4, -0.2) is 28.9 Å². The molecule has 0 atom stereocenters. The number of rotatable bonds is 3. The van der Waals surface area contributed by atoms with Crippen LogP contribution in [0.3, 0.4) is 0 Å². The Morgan fingerprint density at radius 1 is 1.45 bits per heavy atom. The van der Waals surface area contributed by atoms with Crippen LogP contribution < -0.4 is 5.73 Å². The normalized spacial score (nSPS) is 17.4. The zero-order valence-electron chi connectivity index (χ0n) is 12.3. The second kappa shape index (κ2) is 7.04. The third kappa shape index (κ3) is 3.70. The standard InChI is InChI=1S/C15H23N3O.ClH/c1-3-15(2)5-8-18(9-6-15)14(19)12-4-7-17-13(10-12)11-16;/h4,7,10H,3,5-6,8-9,11,16H2,1-2H3;1H. The lowest BCUT2D eigenvalue weighted by Gasteiger charge is -2.39. The summed E-state index contributed by atoms with van der Waals surface area (Å²) < 4.78 is 0. The molecule has 1 aromatic heterocycles. The van der Waals surface area contributed by atoms with E-state index in [1.54, 1.807) is 18.3 Å². The van der Waals surface area contributed by atoms with Gasteiger partial charge in [-0.3, -0.25) is 9.78 Å². The van der Waals surface area contributed by atoms with E-state index in [0.29, 0.717) is 17.5 Å². The summed E-state index contributed by atoms with van der Waals surface area (Å²) in [5.74, 6) is 0.107. The fourth-order valence-electron chi connectivity index (χ4n) is 2.51. The molecule has 2 N–H and O–H groups in total. The van der Waals surface area contributed by atoms with Crippen LogP contribution in [0, 0.1) is 5.41 Å². The van der Waals surface area contributed by atoms with E-state index < -0.39 is 0 Å². The SMILES string of the molecule is CCC1(C)CCN(C(=O)c2ccnc(CN)c2)CC1.Cl. The largest absolute Gasteiger partial charge is 0.339 e. The van der Waals surface area contributed by atoms with E-state index in [-0.39, 0.29) is 18.3 Å². The number of hydrogen-bond donors (Lipinski definition) is 1. The zero-order valence-corrected chi connectivity index (χ0v) is 13.1. The molecule has 0 radical (unpaired) electrons. The first-order valence-electron chi connectivity index (χ1n) is 7.02. The predicted molar refractivity (Wildman–Crippen MR) is 82.9 cm³/mol. The summed E-state index contributed by atoms with van der Waals surface area (Å²) in [7, 11) is 0. The van der Waals surface area contributed by atoms with Gasteiger partial charge < -0.3 is 10.6 Å². The van der Waals surface area contributed by atoms with Gasteiger partial charge in [0.2, 0.25) is 0 Å². The second-order valence-electron chi connectivity index (χ2n) is 5.70. The quantitative estimate of drug-likeness (QED) is 0.933. The van der Waals surface area contributed by atoms with E-state index in [9.17, 15) is 4.79 Å². The highest BCUT2D eigenvalue weighted by atomic mass is 35.5. The van der Waals surface area contributed by atoms with Gasteiger partial charge in [-0.1, -0.05) is 20.3 Å². The molecule has 20 heavy (non-hydrogen) atoms. The van der Waals surface area contributed by atoms with Crippen LogP contribution >= 0.6 is 12.4 Å². The van der Waals surface area contributed by atoms with Crippen molar-refractivity contribution in [3.05, 3.63) is 29.6 Å². The number of nitrogens with two attached hydrogens (primary N) is 1. The highest BCUT2D eigenvalue weighted by Gasteiger charge is 2.30. The van der Waals surface area contributed by atoms with Gasteiger partial charge in [-0.15, -0.1) is 12.4 Å². The number of nitrogens with zero attached hydrogens (tertiary/aromatic N) is 2. The molecule has 0 bridgehead atoms. The first-order valence-corrected chi connectivity index (χ1v) is 7.02. The van der Waals surface area contributed by atoms with Gasteiger partial charge in [0.25, 0.3) is 5.91 Å². The van der Waals surface area contributed by atoms with Gasteiger partial charge in [0.1, 0.15) is 0 Å². The average Bonchev–Trinajstić information content (AvgIpc) is 2.47. The molecule has 0 saturated carbocycles. The van der Waals surface area contributed by atoms with Crippen molar-refractivity contribution >= 4 is 18.3 Å². The Morgan fingerprint density at radius 3 is 2.65 bits per heavy atom. The molecule has 2 heterocycles. The molecule has 112 valence electrons. The molecule has 2 rings (SSSR count). The van der Waals surface area contributed by atoms with Crippen LogP contribution in [0.25, 0.3) is 0 Å². The minimum Gasteiger partial charge on any atom is -0.339 e. The van der Waals surface area contributed by atoms with Gasteiger partial charge in [0.05, 0.1) is 5.69 Å². The molecule has 0 aromatic carbocycles. The first kappa shape index (κ1) is 16.9. The van der Waals surface area contributed by atoms with Crippen LogP contribution in [-0.2, 0) is 6.54 Å². The number of amides is 1. The maximum absolute atomic E-state index is 12.4. The van der Waals surface area contributed by atoms with Crippen LogP contribution in [0.2, 0.25) is 0 Å². The van der Waals surface area contributed by atoms with Gasteiger partial charge in [0, 0.05) is 31.4 Å². The molecule has 4 nitrogen and oxygen atoms in total. The highest BCUT2D eigenvalue weighted by Crippen LogP contribution is 2.34. The van der Waals surface area contributed by atoms with E-state index in [2.05, 4.69) is 18.8 Å². The molecule has 0 aliphatic carbocycles. The van der Waals surface area contributed by atoms with Crippen molar-refractivity contribution in [3.8, 4) is 0 Å². The van der Waals surface area contributed by atoms with E-state index >= 15 is 0 Å². The lowest BCUT2D eigenvalue weighted by Crippen LogP contribution is -2.42. The smallest absolute Gasteiger partial charge is 0.253 e. The van der Waals surface area contributed by atoms with Gasteiger partial charge in [-0.2, -0.15) is 0 Å². The van der Waals surface area contributed by atoms with E-state index in [1.807, 2.05) is 4.90 Å². The van der Waals surface area contributed by atoms with E-state index in [4.69, 9.17) is 5.73 Å². The minimum atomic E-state index is 0. The van der Waals surface area contributed by atoms with Crippen molar-refractivity contribution in [2.75, 3.05) is 13.1 Å². The lowest BCUT2D eigenvalue weighted by atomic mass is 9.78. The molecular formula is C15H24ClN3O. The summed E-state index contributed by atoms with van der Waals surface area (Å²) in [6.45, 7) is 6.61. The Labute approximate surface area is 127 Å². The molecule has 1 aliphatic heterocycles. The summed E-state index contributed by atoms with van der Waals surface area (Å²) >= 11 is 0. The Bertz CT molecular complexity index is 456. The number of likely N-dealkylation sites (tertiary alicyclic amines) is 1. The summed E-state index contributed by atoms with van der Waals surface area (Å²) in [5.41, 5.74) is 7.43. The topological polar surface area (TPSA) is 59.2 Å². The van der Waals surface area contributed by atoms with Crippen molar-refractivity contribution in [1.82, 2.24) is 9.88 Å². The zero-order chi connectivity index (χ0) is 13.9. The maximum Gasteiger partial charge on any atom is 0.253 e. The van der Waals surface area contributed by atoms with E-state index in [1.165, 1.54) is 6.42 Å². The molecule has 0 spiro atoms. The minimum absolute atomic E-state index is 0. The fraction of sp³-hybridized carbons (Fsp3) is 0.600. The van der Waals surface area contributed by atoms with Crippen LogP contribution in [0.5, 0.6) is 0 Å². The van der Waals surface area contributed by atoms with Gasteiger partial charge in [-0.05, 0) is 30.4 Å². The van der Waals surface area contributed by atoms with E-state index in [0.717, 1.165) is 31.6 Å². The summed E-state index contributed by atoms with van der Waals surface area (Å²) in [5, 5.41) is 0. The monoisotopic (exact) mass is 297 g/mol. The molecule has 1 aliphatic rings. The third-order valence-electron chi connectivity index (χ3n) is 4.38. The lowest BCUT2D eigenvalue weighted by molar-refractivity contribution is 0.0600. The van der Waals surface area contributed by atoms with Crippen LogP contribution in [0.4, 0.5) is 0 Å². The second-order valence-corrected chi connectivity index (χ2v) is 5.70. The summed E-state index contributed by atoms with van der Waals surface area (Å²) in [6.07, 6.45) is 5.02. The summed E-state index contributed by atoms with van der Waals surface area (Å²) in [6, 6.07) is 3.57. The number of hydrogen-bond acceptors (Lipinski definition) is 3. The Balaban J connectivity index is 0.00000200. The van der Waals surface area contributed by atoms with Crippen molar-refractivity contribution in [2.45, 2.75) is 39.7 Å². The Morgan fingerprint density at radius 2 is 2.10 bits per heavy atom. The highest BCUT2D eigenvalue weighted by molar-refractivity contribution is 5.94. The van der Waals surface area contributed by atoms with Crippen LogP contribution in [0.15, 0.2) is 18.3 Å². The third-order valence-corrected chi connectivity index (χ3v) is 4.38. The number of aromatic nitrogens is 1. The number of piperidine rings is 1. The number of halogens is 1. The molecular weight excluding hydrogens is 274 g/mol. The molecule has 1 saturated heterocycles. The molecule has 1 amide bonds. The van der Waals surface area contributed by atoms with Crippen LogP contribution in [0.1, 0.15) is 49.2 Å². The average molecular weight is 298 g/mol. The predicted octanol–water partition coefficient (Wildman–Crippen LogP) is 2.61. The van der Waals surface area contributed by atoms with Gasteiger partial charge in [-0.25, -0.2) is 0 Å². The number of carbonyl (C=O) groups is 1. The first-order chi connectivity index (χ1) is 9.08. The Hall–Kier alpha value is -1.13. The van der Waals surface area contributed by atoms with Crippen molar-refractivity contribution in [2.24, 2.45) is 11.1 Å². The molecule has 1 aromatic rings. The van der Waals surface area contributed by atoms with Crippen molar-refractivity contribution in [1.29, 1.82) is 0 Å². The molecule has 0 unspecified atom stereocenters. The van der Waals surface area contributed by atoms with Gasteiger partial charge in [0.15, 0.2) is 0 Å². The van der Waals surface area contributed by atoms with Crippen molar-refractivity contribution < 1.29 is 4.79 Å².